The number of benzene rings is 1. The van der Waals surface area contributed by atoms with Gasteiger partial charge in [-0.1, -0.05) is 12.1 Å². The van der Waals surface area contributed by atoms with Crippen LogP contribution < -0.4 is 5.56 Å². The minimum absolute atomic E-state index is 0.217. The molecular weight excluding hydrogens is 178 g/mol. The van der Waals surface area contributed by atoms with Crippen LogP contribution in [0.3, 0.4) is 0 Å². The van der Waals surface area contributed by atoms with Crippen LogP contribution in [0.15, 0.2) is 29.1 Å². The smallest absolute Gasteiger partial charge is 0.253 e. The number of aryl methyl sites for hydroxylation is 1. The highest BCUT2D eigenvalue weighted by Crippen LogP contribution is 2.12. The number of hydrogen-bond donors (Lipinski definition) is 2. The number of aromatic amines is 1. The maximum atomic E-state index is 11.4. The molecule has 1 heterocycles. The van der Waals surface area contributed by atoms with Crippen LogP contribution in [-0.4, -0.2) is 10.1 Å². The predicted molar refractivity (Wildman–Crippen MR) is 55.2 cm³/mol. The summed E-state index contributed by atoms with van der Waals surface area (Å²) in [6.45, 7) is 1.75. The van der Waals surface area contributed by atoms with Gasteiger partial charge in [0.2, 0.25) is 0 Å². The number of H-pyrrole nitrogens is 1. The number of pyridine rings is 1. The van der Waals surface area contributed by atoms with Crippen molar-refractivity contribution in [3.63, 3.8) is 0 Å². The van der Waals surface area contributed by atoms with E-state index < -0.39 is 0 Å². The molecule has 2 N–H and O–H groups in total. The maximum absolute atomic E-state index is 11.4. The normalized spacial score (nSPS) is 10.7. The summed E-state index contributed by atoms with van der Waals surface area (Å²) in [5.41, 5.74) is 2.10. The van der Waals surface area contributed by atoms with E-state index in [2.05, 4.69) is 4.98 Å². The fourth-order valence-corrected chi connectivity index (χ4v) is 1.48. The van der Waals surface area contributed by atoms with Crippen molar-refractivity contribution >= 4 is 10.9 Å². The molecule has 0 aliphatic carbocycles. The first-order chi connectivity index (χ1) is 6.70. The summed E-state index contributed by atoms with van der Waals surface area (Å²) >= 11 is 0. The van der Waals surface area contributed by atoms with Gasteiger partial charge in [0.15, 0.2) is 0 Å². The van der Waals surface area contributed by atoms with Gasteiger partial charge >= 0.3 is 0 Å². The zero-order valence-electron chi connectivity index (χ0n) is 7.87. The summed E-state index contributed by atoms with van der Waals surface area (Å²) in [6.07, 6.45) is 0. The Morgan fingerprint density at radius 2 is 2.14 bits per heavy atom. The number of aliphatic hydroxyl groups is 1. The van der Waals surface area contributed by atoms with Gasteiger partial charge in [0, 0.05) is 11.1 Å². The van der Waals surface area contributed by atoms with Crippen LogP contribution in [0.4, 0.5) is 0 Å². The number of aliphatic hydroxyl groups excluding tert-OH is 1. The van der Waals surface area contributed by atoms with Crippen LogP contribution in [0, 0.1) is 6.92 Å². The van der Waals surface area contributed by atoms with Crippen molar-refractivity contribution in [1.29, 1.82) is 0 Å². The molecule has 0 aliphatic heterocycles. The summed E-state index contributed by atoms with van der Waals surface area (Å²) in [4.78, 5) is 14.1. The van der Waals surface area contributed by atoms with E-state index in [4.69, 9.17) is 5.11 Å². The Morgan fingerprint density at radius 1 is 1.36 bits per heavy atom. The summed E-state index contributed by atoms with van der Waals surface area (Å²) < 4.78 is 0. The number of rotatable bonds is 1. The zero-order chi connectivity index (χ0) is 10.1. The molecule has 0 amide bonds. The molecule has 0 unspecified atom stereocenters. The lowest BCUT2D eigenvalue weighted by molar-refractivity contribution is 0.280. The van der Waals surface area contributed by atoms with E-state index in [1.165, 1.54) is 0 Å². The number of fused-ring (bicyclic) bond motifs is 1. The average Bonchev–Trinajstić information content (AvgIpc) is 2.16. The summed E-state index contributed by atoms with van der Waals surface area (Å²) in [7, 11) is 0. The molecule has 3 heteroatoms. The molecule has 0 saturated carbocycles. The number of nitrogens with one attached hydrogen (secondary N) is 1. The van der Waals surface area contributed by atoms with Crippen LogP contribution in [0.25, 0.3) is 10.9 Å². The second-order valence-electron chi connectivity index (χ2n) is 3.37. The first-order valence-electron chi connectivity index (χ1n) is 4.44. The standard InChI is InChI=1S/C11H11NO2/c1-7-2-3-8-5-9(6-13)11(14)12-10(8)4-7/h2-5,13H,6H2,1H3,(H,12,14). The third-order valence-electron chi connectivity index (χ3n) is 2.25. The highest BCUT2D eigenvalue weighted by molar-refractivity contribution is 5.79. The highest BCUT2D eigenvalue weighted by atomic mass is 16.3. The van der Waals surface area contributed by atoms with Crippen LogP contribution in [0.5, 0.6) is 0 Å². The Labute approximate surface area is 81.0 Å². The first-order valence-corrected chi connectivity index (χ1v) is 4.44. The summed E-state index contributed by atoms with van der Waals surface area (Å²) in [5.74, 6) is 0. The second-order valence-corrected chi connectivity index (χ2v) is 3.37. The van der Waals surface area contributed by atoms with Crippen molar-refractivity contribution in [3.05, 3.63) is 45.7 Å². The van der Waals surface area contributed by atoms with Gasteiger partial charge in [-0.25, -0.2) is 0 Å². The van der Waals surface area contributed by atoms with Crippen molar-refractivity contribution in [3.8, 4) is 0 Å². The highest BCUT2D eigenvalue weighted by Gasteiger charge is 2.00. The van der Waals surface area contributed by atoms with Crippen LogP contribution in [0.2, 0.25) is 0 Å². The third kappa shape index (κ3) is 1.42. The van der Waals surface area contributed by atoms with Crippen molar-refractivity contribution in [2.45, 2.75) is 13.5 Å². The van der Waals surface area contributed by atoms with Gasteiger partial charge in [-0.2, -0.15) is 0 Å². The lowest BCUT2D eigenvalue weighted by Crippen LogP contribution is -2.11. The fourth-order valence-electron chi connectivity index (χ4n) is 1.48. The van der Waals surface area contributed by atoms with Gasteiger partial charge in [0.05, 0.1) is 6.61 Å². The quantitative estimate of drug-likeness (QED) is 0.711. The largest absolute Gasteiger partial charge is 0.391 e. The van der Waals surface area contributed by atoms with Crippen LogP contribution >= 0.6 is 0 Å². The fraction of sp³-hybridized carbons (Fsp3) is 0.182. The van der Waals surface area contributed by atoms with Gasteiger partial charge in [0.1, 0.15) is 0 Å². The first kappa shape index (κ1) is 8.97. The van der Waals surface area contributed by atoms with Gasteiger partial charge in [-0.05, 0) is 30.0 Å². The lowest BCUT2D eigenvalue weighted by atomic mass is 10.1. The number of aromatic nitrogens is 1. The molecule has 72 valence electrons. The van der Waals surface area contributed by atoms with E-state index in [1.807, 2.05) is 25.1 Å². The van der Waals surface area contributed by atoms with E-state index in [1.54, 1.807) is 6.07 Å². The predicted octanol–water partition coefficient (Wildman–Crippen LogP) is 1.33. The summed E-state index contributed by atoms with van der Waals surface area (Å²) in [6, 6.07) is 7.53. The van der Waals surface area contributed by atoms with E-state index >= 15 is 0 Å². The maximum Gasteiger partial charge on any atom is 0.253 e. The third-order valence-corrected chi connectivity index (χ3v) is 2.25. The molecule has 3 nitrogen and oxygen atoms in total. The minimum atomic E-state index is -0.223. The topological polar surface area (TPSA) is 53.1 Å². The molecule has 0 aliphatic rings. The van der Waals surface area contributed by atoms with E-state index in [0.29, 0.717) is 5.56 Å². The second kappa shape index (κ2) is 3.27. The van der Waals surface area contributed by atoms with Gasteiger partial charge in [-0.15, -0.1) is 0 Å². The van der Waals surface area contributed by atoms with Crippen molar-refractivity contribution in [2.24, 2.45) is 0 Å². The summed E-state index contributed by atoms with van der Waals surface area (Å²) in [5, 5.41) is 9.86. The molecule has 0 atom stereocenters. The zero-order valence-corrected chi connectivity index (χ0v) is 7.87. The van der Waals surface area contributed by atoms with E-state index in [-0.39, 0.29) is 12.2 Å². The van der Waals surface area contributed by atoms with Gasteiger partial charge in [-0.3, -0.25) is 4.79 Å². The molecule has 2 rings (SSSR count). The number of hydrogen-bond acceptors (Lipinski definition) is 2. The van der Waals surface area contributed by atoms with Gasteiger partial charge < -0.3 is 10.1 Å². The minimum Gasteiger partial charge on any atom is -0.391 e. The monoisotopic (exact) mass is 189 g/mol. The Kier molecular flexibility index (Phi) is 2.09. The molecule has 0 fully saturated rings. The molecular formula is C11H11NO2. The molecule has 0 radical (unpaired) electrons. The lowest BCUT2D eigenvalue weighted by Gasteiger charge is -2.01. The van der Waals surface area contributed by atoms with Crippen molar-refractivity contribution in [2.75, 3.05) is 0 Å². The average molecular weight is 189 g/mol. The van der Waals surface area contributed by atoms with Crippen molar-refractivity contribution < 1.29 is 5.11 Å². The van der Waals surface area contributed by atoms with Crippen molar-refractivity contribution in [1.82, 2.24) is 4.98 Å². The molecule has 0 saturated heterocycles. The van der Waals surface area contributed by atoms with Gasteiger partial charge in [0.25, 0.3) is 5.56 Å². The molecule has 0 spiro atoms. The molecule has 14 heavy (non-hydrogen) atoms. The Bertz CT molecular complexity index is 528. The molecule has 0 bridgehead atoms. The van der Waals surface area contributed by atoms with Crippen LogP contribution in [-0.2, 0) is 6.61 Å². The Balaban J connectivity index is 2.79. The Morgan fingerprint density at radius 3 is 2.86 bits per heavy atom. The molecule has 2 aromatic rings. The van der Waals surface area contributed by atoms with Crippen LogP contribution in [0.1, 0.15) is 11.1 Å². The molecule has 1 aromatic heterocycles. The SMILES string of the molecule is Cc1ccc2cc(CO)c(=O)[nH]c2c1. The van der Waals surface area contributed by atoms with E-state index in [0.717, 1.165) is 16.5 Å². The Hall–Kier alpha value is -1.61. The van der Waals surface area contributed by atoms with E-state index in [9.17, 15) is 4.79 Å². The molecule has 1 aromatic carbocycles.